The summed E-state index contributed by atoms with van der Waals surface area (Å²) in [6, 6.07) is 2.72. The zero-order chi connectivity index (χ0) is 11.5. The molecule has 0 saturated carbocycles. The Morgan fingerprint density at radius 1 is 1.69 bits per heavy atom. The average molecular weight is 239 g/mol. The first-order chi connectivity index (χ1) is 7.70. The van der Waals surface area contributed by atoms with Gasteiger partial charge in [0.15, 0.2) is 5.58 Å². The number of carboxylic acids is 1. The molecule has 0 amide bonds. The van der Waals surface area contributed by atoms with Crippen molar-refractivity contribution in [3.05, 3.63) is 18.3 Å². The minimum absolute atomic E-state index is 0.134. The maximum Gasteiger partial charge on any atom is 0.327 e. The zero-order valence-electron chi connectivity index (χ0n) is 8.12. The molecule has 0 spiro atoms. The topological polar surface area (TPSA) is 88.2 Å². The molecule has 0 bridgehead atoms. The molecule has 7 heteroatoms. The Bertz CT molecular complexity index is 480. The molecule has 0 radical (unpaired) electrons. The fraction of sp³-hybridized carbons (Fsp3) is 0.222. The van der Waals surface area contributed by atoms with Crippen LogP contribution in [0.3, 0.4) is 0 Å². The van der Waals surface area contributed by atoms with E-state index in [1.54, 1.807) is 18.3 Å². The lowest BCUT2D eigenvalue weighted by atomic mass is 10.3. The maximum atomic E-state index is 10.8. The standard InChI is InChI=1S/C9H9N3O3S/c13-8(14)5(4-16)11-9-12-7-6(15-9)2-1-3-10-7/h1-3,5,16H,4H2,(H,13,14)(H,10,11,12). The average Bonchev–Trinajstić information content (AvgIpc) is 2.67. The highest BCUT2D eigenvalue weighted by Gasteiger charge is 2.17. The van der Waals surface area contributed by atoms with Crippen molar-refractivity contribution in [3.63, 3.8) is 0 Å². The number of nitrogens with zero attached hydrogens (tertiary/aromatic N) is 2. The first-order valence-corrected chi connectivity index (χ1v) is 5.15. The second kappa shape index (κ2) is 4.40. The van der Waals surface area contributed by atoms with Crippen LogP contribution >= 0.6 is 12.6 Å². The Labute approximate surface area is 96.1 Å². The molecule has 0 aliphatic heterocycles. The van der Waals surface area contributed by atoms with E-state index in [9.17, 15) is 4.79 Å². The van der Waals surface area contributed by atoms with Crippen LogP contribution in [0.15, 0.2) is 22.7 Å². The third kappa shape index (κ3) is 2.08. The quantitative estimate of drug-likeness (QED) is 0.690. The summed E-state index contributed by atoms with van der Waals surface area (Å²) in [5.41, 5.74) is 0.946. The Morgan fingerprint density at radius 2 is 2.50 bits per heavy atom. The number of carbonyl (C=O) groups is 1. The fourth-order valence-electron chi connectivity index (χ4n) is 1.17. The highest BCUT2D eigenvalue weighted by Crippen LogP contribution is 2.16. The highest BCUT2D eigenvalue weighted by molar-refractivity contribution is 7.80. The Morgan fingerprint density at radius 3 is 3.12 bits per heavy atom. The highest BCUT2D eigenvalue weighted by atomic mass is 32.1. The predicted octanol–water partition coefficient (Wildman–Crippen LogP) is 1.02. The Balaban J connectivity index is 2.24. The number of hydrogen-bond donors (Lipinski definition) is 3. The molecule has 16 heavy (non-hydrogen) atoms. The van der Waals surface area contributed by atoms with Crippen molar-refractivity contribution < 1.29 is 14.3 Å². The summed E-state index contributed by atoms with van der Waals surface area (Å²) < 4.78 is 5.27. The largest absolute Gasteiger partial charge is 0.480 e. The van der Waals surface area contributed by atoms with E-state index in [1.807, 2.05) is 0 Å². The van der Waals surface area contributed by atoms with Crippen LogP contribution in [-0.2, 0) is 4.79 Å². The lowest BCUT2D eigenvalue weighted by Gasteiger charge is -2.08. The third-order valence-corrected chi connectivity index (χ3v) is 2.31. The molecule has 0 aliphatic rings. The van der Waals surface area contributed by atoms with Gasteiger partial charge in [-0.1, -0.05) is 0 Å². The van der Waals surface area contributed by atoms with Crippen molar-refractivity contribution in [1.29, 1.82) is 0 Å². The predicted molar refractivity (Wildman–Crippen MR) is 60.7 cm³/mol. The van der Waals surface area contributed by atoms with Gasteiger partial charge in [-0.05, 0) is 12.1 Å². The van der Waals surface area contributed by atoms with Gasteiger partial charge in [0.1, 0.15) is 6.04 Å². The minimum atomic E-state index is -1.01. The number of oxazole rings is 1. The molecule has 2 rings (SSSR count). The van der Waals surface area contributed by atoms with Crippen molar-refractivity contribution in [3.8, 4) is 0 Å². The summed E-state index contributed by atoms with van der Waals surface area (Å²) in [5, 5.41) is 11.4. The smallest absolute Gasteiger partial charge is 0.327 e. The van der Waals surface area contributed by atoms with Gasteiger partial charge in [-0.15, -0.1) is 0 Å². The fourth-order valence-corrected chi connectivity index (χ4v) is 1.41. The second-order valence-electron chi connectivity index (χ2n) is 3.06. The number of hydrogen-bond acceptors (Lipinski definition) is 6. The zero-order valence-corrected chi connectivity index (χ0v) is 9.02. The van der Waals surface area contributed by atoms with E-state index in [1.165, 1.54) is 0 Å². The Kier molecular flexibility index (Phi) is 2.95. The summed E-state index contributed by atoms with van der Waals surface area (Å²) in [6.07, 6.45) is 1.59. The molecule has 6 nitrogen and oxygen atoms in total. The molecule has 0 saturated heterocycles. The molecule has 1 unspecified atom stereocenters. The number of nitrogens with one attached hydrogen (secondary N) is 1. The molecule has 0 aromatic carbocycles. The number of fused-ring (bicyclic) bond motifs is 1. The van der Waals surface area contributed by atoms with E-state index in [-0.39, 0.29) is 11.8 Å². The number of aromatic nitrogens is 2. The van der Waals surface area contributed by atoms with Gasteiger partial charge in [0.2, 0.25) is 5.65 Å². The van der Waals surface area contributed by atoms with Gasteiger partial charge in [-0.25, -0.2) is 9.78 Å². The number of rotatable bonds is 4. The van der Waals surface area contributed by atoms with Crippen molar-refractivity contribution in [2.75, 3.05) is 11.1 Å². The van der Waals surface area contributed by atoms with Gasteiger partial charge in [0.25, 0.3) is 6.01 Å². The van der Waals surface area contributed by atoms with Crippen LogP contribution in [0.1, 0.15) is 0 Å². The van der Waals surface area contributed by atoms with Crippen molar-refractivity contribution in [1.82, 2.24) is 9.97 Å². The first-order valence-electron chi connectivity index (χ1n) is 4.52. The summed E-state index contributed by atoms with van der Waals surface area (Å²) in [6.45, 7) is 0. The van der Waals surface area contributed by atoms with Crippen LogP contribution in [-0.4, -0.2) is 32.8 Å². The summed E-state index contributed by atoms with van der Waals surface area (Å²) in [7, 11) is 0. The summed E-state index contributed by atoms with van der Waals surface area (Å²) >= 11 is 3.92. The van der Waals surface area contributed by atoms with Crippen molar-refractivity contribution in [2.24, 2.45) is 0 Å². The lowest BCUT2D eigenvalue weighted by molar-refractivity contribution is -0.137. The van der Waals surface area contributed by atoms with E-state index in [2.05, 4.69) is 27.9 Å². The normalized spacial score (nSPS) is 12.6. The molecule has 0 fully saturated rings. The molecule has 2 aromatic rings. The molecular weight excluding hydrogens is 230 g/mol. The van der Waals surface area contributed by atoms with E-state index < -0.39 is 12.0 Å². The SMILES string of the molecule is O=C(O)C(CS)Nc1nc2ncccc2o1. The molecule has 1 atom stereocenters. The molecule has 0 aliphatic carbocycles. The van der Waals surface area contributed by atoms with E-state index >= 15 is 0 Å². The lowest BCUT2D eigenvalue weighted by Crippen LogP contribution is -2.30. The Hall–Kier alpha value is -1.76. The van der Waals surface area contributed by atoms with Crippen LogP contribution in [0, 0.1) is 0 Å². The molecule has 2 N–H and O–H groups in total. The van der Waals surface area contributed by atoms with Gasteiger partial charge in [-0.2, -0.15) is 17.6 Å². The first kappa shape index (κ1) is 10.7. The molecule has 2 aromatic heterocycles. The summed E-state index contributed by atoms with van der Waals surface area (Å²) in [4.78, 5) is 18.7. The maximum absolute atomic E-state index is 10.8. The number of pyridine rings is 1. The van der Waals surface area contributed by atoms with E-state index in [0.29, 0.717) is 11.2 Å². The van der Waals surface area contributed by atoms with E-state index in [0.717, 1.165) is 0 Å². The van der Waals surface area contributed by atoms with E-state index in [4.69, 9.17) is 9.52 Å². The molecular formula is C9H9N3O3S. The number of anilines is 1. The minimum Gasteiger partial charge on any atom is -0.480 e. The molecule has 2 heterocycles. The van der Waals surface area contributed by atoms with Crippen LogP contribution < -0.4 is 5.32 Å². The monoisotopic (exact) mass is 239 g/mol. The van der Waals surface area contributed by atoms with Crippen molar-refractivity contribution >= 4 is 35.8 Å². The van der Waals surface area contributed by atoms with Gasteiger partial charge in [0, 0.05) is 11.9 Å². The van der Waals surface area contributed by atoms with Crippen LogP contribution in [0.5, 0.6) is 0 Å². The third-order valence-electron chi connectivity index (χ3n) is 1.94. The van der Waals surface area contributed by atoms with Crippen LogP contribution in [0.4, 0.5) is 6.01 Å². The van der Waals surface area contributed by atoms with Gasteiger partial charge in [0.05, 0.1) is 0 Å². The number of aliphatic carboxylic acids is 1. The van der Waals surface area contributed by atoms with Gasteiger partial charge < -0.3 is 14.8 Å². The molecule has 84 valence electrons. The van der Waals surface area contributed by atoms with Crippen LogP contribution in [0.2, 0.25) is 0 Å². The van der Waals surface area contributed by atoms with Crippen LogP contribution in [0.25, 0.3) is 11.2 Å². The van der Waals surface area contributed by atoms with Gasteiger partial charge >= 0.3 is 5.97 Å². The van der Waals surface area contributed by atoms with Gasteiger partial charge in [-0.3, -0.25) is 0 Å². The summed E-state index contributed by atoms with van der Waals surface area (Å²) in [5.74, 6) is -0.869. The number of thiol groups is 1. The van der Waals surface area contributed by atoms with Crippen molar-refractivity contribution in [2.45, 2.75) is 6.04 Å². The second-order valence-corrected chi connectivity index (χ2v) is 3.43. The number of carboxylic acid groups (broad SMARTS) is 1.